The zero-order valence-corrected chi connectivity index (χ0v) is 28.8. The maximum Gasteiger partial charge on any atom is 0.258 e. The molecule has 2 atom stereocenters. The van der Waals surface area contributed by atoms with Gasteiger partial charge in [0.15, 0.2) is 0 Å². The minimum absolute atomic E-state index is 0.0144. The summed E-state index contributed by atoms with van der Waals surface area (Å²) in [5.74, 6) is -1.13. The van der Waals surface area contributed by atoms with Crippen LogP contribution in [0.25, 0.3) is 22.4 Å². The van der Waals surface area contributed by atoms with Gasteiger partial charge in [0.25, 0.3) is 5.91 Å². The van der Waals surface area contributed by atoms with E-state index in [9.17, 15) is 24.2 Å². The van der Waals surface area contributed by atoms with Crippen LogP contribution in [0.4, 0.5) is 10.1 Å². The van der Waals surface area contributed by atoms with Gasteiger partial charge in [-0.1, -0.05) is 62.4 Å². The molecule has 0 radical (unpaired) electrons. The Balaban J connectivity index is 1.56. The zero-order chi connectivity index (χ0) is 35.9. The van der Waals surface area contributed by atoms with Crippen LogP contribution in [0.1, 0.15) is 55.1 Å². The van der Waals surface area contributed by atoms with E-state index in [1.54, 1.807) is 12.1 Å². The number of anilines is 1. The number of aliphatic hydroxyl groups excluding tert-OH is 2. The SMILES string of the molecule is CC(C)c1c(C(=O)Nc2ccccc2)c(-c2ccccc2)c(-c2ccc(F)cc2)n1CC[C@@H](O)C[C@@H](O)CC(=O)NCCOCCOCCN. The Morgan fingerprint density at radius 3 is 2.12 bits per heavy atom. The van der Waals surface area contributed by atoms with Gasteiger partial charge in [-0.15, -0.1) is 0 Å². The fourth-order valence-electron chi connectivity index (χ4n) is 5.96. The standard InChI is InChI=1S/C39H49FN4O6/c1-27(2)37-36(39(48)43-31-11-7-4-8-12-31)35(28-9-5-3-6-10-28)38(29-13-15-30(40)16-14-29)44(37)20-17-32(45)25-33(46)26-34(47)42-19-22-50-24-23-49-21-18-41/h3-16,27,32-33,45-46H,17-26,41H2,1-2H3,(H,42,47)(H,43,48)/t32-,33-/m1/s1. The number of carbonyl (C=O) groups excluding carboxylic acids is 2. The number of carbonyl (C=O) groups is 2. The summed E-state index contributed by atoms with van der Waals surface area (Å²) in [6, 6.07) is 25.0. The van der Waals surface area contributed by atoms with Gasteiger partial charge in [-0.05, 0) is 66.3 Å². The number of nitrogens with zero attached hydrogens (tertiary/aromatic N) is 1. The maximum atomic E-state index is 14.2. The maximum absolute atomic E-state index is 14.2. The van der Waals surface area contributed by atoms with Crippen molar-refractivity contribution in [3.05, 3.63) is 102 Å². The van der Waals surface area contributed by atoms with Gasteiger partial charge in [-0.2, -0.15) is 0 Å². The highest BCUT2D eigenvalue weighted by Gasteiger charge is 2.31. The highest BCUT2D eigenvalue weighted by Crippen LogP contribution is 2.42. The van der Waals surface area contributed by atoms with Gasteiger partial charge >= 0.3 is 0 Å². The number of aliphatic hydroxyl groups is 2. The zero-order valence-electron chi connectivity index (χ0n) is 28.8. The first-order chi connectivity index (χ1) is 24.2. The molecule has 0 unspecified atom stereocenters. The molecule has 4 rings (SSSR count). The van der Waals surface area contributed by atoms with Gasteiger partial charge in [0.1, 0.15) is 5.82 Å². The van der Waals surface area contributed by atoms with Gasteiger partial charge in [0.2, 0.25) is 5.91 Å². The summed E-state index contributed by atoms with van der Waals surface area (Å²) < 4.78 is 26.8. The first-order valence-electron chi connectivity index (χ1n) is 17.1. The van der Waals surface area contributed by atoms with Crippen molar-refractivity contribution in [3.63, 3.8) is 0 Å². The molecule has 0 saturated carbocycles. The fraction of sp³-hybridized carbons (Fsp3) is 0.385. The third-order valence-corrected chi connectivity index (χ3v) is 8.14. The number of nitrogens with one attached hydrogen (secondary N) is 2. The van der Waals surface area contributed by atoms with E-state index in [1.165, 1.54) is 12.1 Å². The quantitative estimate of drug-likeness (QED) is 0.0788. The van der Waals surface area contributed by atoms with Crippen molar-refractivity contribution >= 4 is 17.5 Å². The average Bonchev–Trinajstić information content (AvgIpc) is 3.45. The predicted octanol–water partition coefficient (Wildman–Crippen LogP) is 5.34. The van der Waals surface area contributed by atoms with Gasteiger partial charge in [-0.3, -0.25) is 9.59 Å². The van der Waals surface area contributed by atoms with E-state index in [1.807, 2.05) is 79.1 Å². The molecule has 10 nitrogen and oxygen atoms in total. The van der Waals surface area contributed by atoms with Crippen molar-refractivity contribution in [3.8, 4) is 22.4 Å². The molecule has 50 heavy (non-hydrogen) atoms. The summed E-state index contributed by atoms with van der Waals surface area (Å²) in [5, 5.41) is 27.5. The van der Waals surface area contributed by atoms with E-state index in [-0.39, 0.29) is 49.4 Å². The van der Waals surface area contributed by atoms with Gasteiger partial charge in [0.05, 0.1) is 56.3 Å². The molecule has 4 aromatic rings. The Morgan fingerprint density at radius 2 is 1.48 bits per heavy atom. The van der Waals surface area contributed by atoms with Crippen molar-refractivity contribution in [2.75, 3.05) is 44.8 Å². The van der Waals surface area contributed by atoms with Crippen LogP contribution >= 0.6 is 0 Å². The third kappa shape index (κ3) is 11.1. The number of hydrogen-bond donors (Lipinski definition) is 5. The second kappa shape index (κ2) is 19.7. The van der Waals surface area contributed by atoms with Crippen LogP contribution in [0.15, 0.2) is 84.9 Å². The van der Waals surface area contributed by atoms with Gasteiger partial charge < -0.3 is 40.6 Å². The van der Waals surface area contributed by atoms with Crippen LogP contribution in [-0.2, 0) is 20.8 Å². The first-order valence-corrected chi connectivity index (χ1v) is 17.1. The fourth-order valence-corrected chi connectivity index (χ4v) is 5.96. The highest BCUT2D eigenvalue weighted by molar-refractivity contribution is 6.12. The van der Waals surface area contributed by atoms with Crippen LogP contribution in [0.2, 0.25) is 0 Å². The molecule has 268 valence electrons. The molecule has 0 aliphatic rings. The van der Waals surface area contributed by atoms with Crippen molar-refractivity contribution in [1.82, 2.24) is 9.88 Å². The van der Waals surface area contributed by atoms with Crippen molar-refractivity contribution in [1.29, 1.82) is 0 Å². The summed E-state index contributed by atoms with van der Waals surface area (Å²) in [6.07, 6.45) is -1.96. The predicted molar refractivity (Wildman–Crippen MR) is 193 cm³/mol. The summed E-state index contributed by atoms with van der Waals surface area (Å²) in [4.78, 5) is 26.6. The van der Waals surface area contributed by atoms with Gasteiger partial charge in [0, 0.05) is 36.6 Å². The monoisotopic (exact) mass is 688 g/mol. The lowest BCUT2D eigenvalue weighted by Gasteiger charge is -2.20. The number of nitrogens with two attached hydrogens (primary N) is 1. The second-order valence-corrected chi connectivity index (χ2v) is 12.4. The van der Waals surface area contributed by atoms with Crippen molar-refractivity contribution in [2.45, 2.75) is 57.8 Å². The average molecular weight is 689 g/mol. The Kier molecular flexibility index (Phi) is 15.1. The van der Waals surface area contributed by atoms with Crippen molar-refractivity contribution < 1.29 is 33.7 Å². The van der Waals surface area contributed by atoms with Crippen LogP contribution in [0.5, 0.6) is 0 Å². The molecule has 0 spiro atoms. The number of hydrogen-bond acceptors (Lipinski definition) is 7. The molecule has 6 N–H and O–H groups in total. The smallest absolute Gasteiger partial charge is 0.258 e. The van der Waals surface area contributed by atoms with E-state index in [0.717, 1.165) is 17.0 Å². The summed E-state index contributed by atoms with van der Waals surface area (Å²) in [7, 11) is 0. The molecule has 0 aliphatic heterocycles. The summed E-state index contributed by atoms with van der Waals surface area (Å²) in [6.45, 7) is 6.62. The molecule has 11 heteroatoms. The summed E-state index contributed by atoms with van der Waals surface area (Å²) in [5.41, 5.74) is 10.2. The van der Waals surface area contributed by atoms with Crippen LogP contribution in [-0.4, -0.2) is 78.3 Å². The minimum atomic E-state index is -1.06. The largest absolute Gasteiger partial charge is 0.393 e. The normalized spacial score (nSPS) is 12.5. The van der Waals surface area contributed by atoms with Crippen LogP contribution in [0, 0.1) is 5.82 Å². The van der Waals surface area contributed by atoms with Gasteiger partial charge in [-0.25, -0.2) is 4.39 Å². The Hall–Kier alpha value is -4.39. The molecule has 0 aliphatic carbocycles. The number of ether oxygens (including phenoxy) is 2. The number of halogens is 1. The lowest BCUT2D eigenvalue weighted by Crippen LogP contribution is -2.32. The van der Waals surface area contributed by atoms with Crippen molar-refractivity contribution in [2.24, 2.45) is 5.73 Å². The Morgan fingerprint density at radius 1 is 0.840 bits per heavy atom. The molecule has 1 aromatic heterocycles. The molecule has 2 amide bonds. The van der Waals surface area contributed by atoms with Crippen LogP contribution in [0.3, 0.4) is 0 Å². The molecule has 0 saturated heterocycles. The molecular weight excluding hydrogens is 639 g/mol. The first kappa shape index (κ1) is 38.4. The molecule has 3 aromatic carbocycles. The van der Waals surface area contributed by atoms with E-state index in [4.69, 9.17) is 15.2 Å². The number of rotatable bonds is 20. The number of para-hydroxylation sites is 1. The number of amides is 2. The number of aromatic nitrogens is 1. The van der Waals surface area contributed by atoms with E-state index < -0.39 is 12.2 Å². The lowest BCUT2D eigenvalue weighted by atomic mass is 9.94. The molecule has 0 fully saturated rings. The Bertz CT molecular complexity index is 1630. The topological polar surface area (TPSA) is 148 Å². The minimum Gasteiger partial charge on any atom is -0.393 e. The molecule has 0 bridgehead atoms. The van der Waals surface area contributed by atoms with Crippen LogP contribution < -0.4 is 16.4 Å². The summed E-state index contributed by atoms with van der Waals surface area (Å²) >= 11 is 0. The molecule has 1 heterocycles. The number of benzene rings is 3. The van der Waals surface area contributed by atoms with E-state index >= 15 is 0 Å². The van der Waals surface area contributed by atoms with E-state index in [0.29, 0.717) is 61.9 Å². The highest BCUT2D eigenvalue weighted by atomic mass is 19.1. The second-order valence-electron chi connectivity index (χ2n) is 12.4. The van der Waals surface area contributed by atoms with E-state index in [2.05, 4.69) is 10.6 Å². The lowest BCUT2D eigenvalue weighted by molar-refractivity contribution is -0.123. The molecular formula is C39H49FN4O6. The Labute approximate surface area is 293 Å². The third-order valence-electron chi connectivity index (χ3n) is 8.14.